The smallest absolute Gasteiger partial charge is 0.416 e. The molecule has 1 aromatic carbocycles. The highest BCUT2D eigenvalue weighted by Gasteiger charge is 2.31. The van der Waals surface area contributed by atoms with Crippen molar-refractivity contribution in [3.05, 3.63) is 35.1 Å². The first-order valence-corrected chi connectivity index (χ1v) is 5.03. The lowest BCUT2D eigenvalue weighted by atomic mass is 10.1. The molecule has 2 aromatic rings. The lowest BCUT2D eigenvalue weighted by Gasteiger charge is -2.06. The third-order valence-corrected chi connectivity index (χ3v) is 2.58. The third-order valence-electron chi connectivity index (χ3n) is 2.58. The molecule has 0 radical (unpaired) electrons. The van der Waals surface area contributed by atoms with E-state index < -0.39 is 17.7 Å². The number of fused-ring (bicyclic) bond motifs is 1. The number of alkyl halides is 3. The maximum absolute atomic E-state index is 12.6. The summed E-state index contributed by atoms with van der Waals surface area (Å²) in [6, 6.07) is 2.99. The maximum atomic E-state index is 12.6. The molecule has 0 saturated carbocycles. The van der Waals surface area contributed by atoms with Gasteiger partial charge in [0.25, 0.3) is 0 Å². The molecule has 0 fully saturated rings. The van der Waals surface area contributed by atoms with Crippen LogP contribution in [0.2, 0.25) is 0 Å². The van der Waals surface area contributed by atoms with Gasteiger partial charge < -0.3 is 9.15 Å². The summed E-state index contributed by atoms with van der Waals surface area (Å²) in [7, 11) is 1.16. The molecule has 1 aromatic heterocycles. The van der Waals surface area contributed by atoms with Crippen molar-refractivity contribution in [1.82, 2.24) is 0 Å². The summed E-state index contributed by atoms with van der Waals surface area (Å²) < 4.78 is 47.5. The zero-order chi connectivity index (χ0) is 13.5. The van der Waals surface area contributed by atoms with Crippen LogP contribution in [0.1, 0.15) is 21.7 Å². The second-order valence-electron chi connectivity index (χ2n) is 3.73. The zero-order valence-electron chi connectivity index (χ0n) is 9.59. The highest BCUT2D eigenvalue weighted by atomic mass is 19.4. The molecule has 2 rings (SSSR count). The number of methoxy groups -OCH3 is 1. The average Bonchev–Trinajstić information content (AvgIpc) is 2.61. The molecule has 0 aliphatic heterocycles. The van der Waals surface area contributed by atoms with Crippen molar-refractivity contribution in [2.75, 3.05) is 7.11 Å². The number of rotatable bonds is 1. The van der Waals surface area contributed by atoms with E-state index >= 15 is 0 Å². The van der Waals surface area contributed by atoms with Crippen LogP contribution >= 0.6 is 0 Å². The van der Waals surface area contributed by atoms with Gasteiger partial charge in [-0.15, -0.1) is 0 Å². The molecule has 0 unspecified atom stereocenters. The van der Waals surface area contributed by atoms with Crippen molar-refractivity contribution in [1.29, 1.82) is 0 Å². The van der Waals surface area contributed by atoms with E-state index in [0.717, 1.165) is 19.2 Å². The molecular weight excluding hydrogens is 249 g/mol. The molecule has 0 saturated heterocycles. The van der Waals surface area contributed by atoms with Gasteiger partial charge in [-0.25, -0.2) is 4.79 Å². The lowest BCUT2D eigenvalue weighted by molar-refractivity contribution is -0.137. The zero-order valence-corrected chi connectivity index (χ0v) is 9.59. The molecule has 3 nitrogen and oxygen atoms in total. The van der Waals surface area contributed by atoms with E-state index in [0.29, 0.717) is 0 Å². The normalized spacial score (nSPS) is 11.8. The average molecular weight is 258 g/mol. The molecule has 0 N–H and O–H groups in total. The van der Waals surface area contributed by atoms with E-state index in [1.807, 2.05) is 0 Å². The van der Waals surface area contributed by atoms with Gasteiger partial charge in [0.15, 0.2) is 0 Å². The van der Waals surface area contributed by atoms with Gasteiger partial charge in [0.2, 0.25) is 0 Å². The number of carbonyl (C=O) groups is 1. The van der Waals surface area contributed by atoms with E-state index in [2.05, 4.69) is 4.74 Å². The monoisotopic (exact) mass is 258 g/mol. The predicted octanol–water partition coefficient (Wildman–Crippen LogP) is 3.55. The molecule has 6 heteroatoms. The molecule has 0 spiro atoms. The Morgan fingerprint density at radius 1 is 1.33 bits per heavy atom. The Kier molecular flexibility index (Phi) is 2.80. The van der Waals surface area contributed by atoms with Gasteiger partial charge in [-0.2, -0.15) is 13.2 Å². The Hall–Kier alpha value is -1.98. The van der Waals surface area contributed by atoms with Crippen LogP contribution in [0.25, 0.3) is 11.0 Å². The van der Waals surface area contributed by atoms with E-state index in [-0.39, 0.29) is 22.3 Å². The van der Waals surface area contributed by atoms with Gasteiger partial charge in [0, 0.05) is 5.39 Å². The summed E-state index contributed by atoms with van der Waals surface area (Å²) in [6.07, 6.45) is -4.47. The van der Waals surface area contributed by atoms with Crippen LogP contribution in [-0.4, -0.2) is 13.1 Å². The van der Waals surface area contributed by atoms with Crippen LogP contribution in [0.4, 0.5) is 13.2 Å². The fourth-order valence-electron chi connectivity index (χ4n) is 1.75. The first-order chi connectivity index (χ1) is 8.34. The number of hydrogen-bond donors (Lipinski definition) is 0. The summed E-state index contributed by atoms with van der Waals surface area (Å²) in [6.45, 7) is 1.50. The maximum Gasteiger partial charge on any atom is 0.416 e. The van der Waals surface area contributed by atoms with Crippen LogP contribution in [0.5, 0.6) is 0 Å². The first-order valence-electron chi connectivity index (χ1n) is 5.03. The number of furan rings is 1. The van der Waals surface area contributed by atoms with Crippen LogP contribution in [-0.2, 0) is 10.9 Å². The van der Waals surface area contributed by atoms with Crippen molar-refractivity contribution in [3.63, 3.8) is 0 Å². The second-order valence-corrected chi connectivity index (χ2v) is 3.73. The van der Waals surface area contributed by atoms with Crippen LogP contribution in [0.15, 0.2) is 22.6 Å². The molecule has 96 valence electrons. The van der Waals surface area contributed by atoms with Crippen LogP contribution in [0.3, 0.4) is 0 Å². The van der Waals surface area contributed by atoms with Crippen LogP contribution in [0, 0.1) is 6.92 Å². The number of benzene rings is 1. The quantitative estimate of drug-likeness (QED) is 0.734. The van der Waals surface area contributed by atoms with Crippen molar-refractivity contribution in [2.24, 2.45) is 0 Å². The highest BCUT2D eigenvalue weighted by Crippen LogP contribution is 2.34. The largest absolute Gasteiger partial charge is 0.465 e. The van der Waals surface area contributed by atoms with Crippen molar-refractivity contribution in [2.45, 2.75) is 13.1 Å². The number of aryl methyl sites for hydroxylation is 1. The Balaban J connectivity index is 2.71. The molecule has 0 aliphatic carbocycles. The predicted molar refractivity (Wildman–Crippen MR) is 57.3 cm³/mol. The van der Waals surface area contributed by atoms with Gasteiger partial charge in [0.05, 0.1) is 12.7 Å². The molecule has 0 amide bonds. The third kappa shape index (κ3) is 1.94. The van der Waals surface area contributed by atoms with Crippen molar-refractivity contribution < 1.29 is 27.1 Å². The van der Waals surface area contributed by atoms with Gasteiger partial charge in [-0.3, -0.25) is 0 Å². The molecule has 0 atom stereocenters. The van der Waals surface area contributed by atoms with E-state index in [4.69, 9.17) is 4.42 Å². The minimum atomic E-state index is -4.47. The van der Waals surface area contributed by atoms with Crippen molar-refractivity contribution in [3.8, 4) is 0 Å². The Morgan fingerprint density at radius 2 is 2.00 bits per heavy atom. The topological polar surface area (TPSA) is 39.4 Å². The molecule has 1 heterocycles. The minimum Gasteiger partial charge on any atom is -0.465 e. The number of hydrogen-bond acceptors (Lipinski definition) is 3. The Morgan fingerprint density at radius 3 is 2.56 bits per heavy atom. The number of halogens is 3. The van der Waals surface area contributed by atoms with Gasteiger partial charge in [-0.05, 0) is 25.1 Å². The summed E-state index contributed by atoms with van der Waals surface area (Å²) in [5.41, 5.74) is -0.583. The number of carbonyl (C=O) groups excluding carboxylic acids is 1. The van der Waals surface area contributed by atoms with Gasteiger partial charge >= 0.3 is 12.1 Å². The van der Waals surface area contributed by atoms with Crippen molar-refractivity contribution >= 4 is 16.9 Å². The molecule has 18 heavy (non-hydrogen) atoms. The highest BCUT2D eigenvalue weighted by molar-refractivity contribution is 6.04. The van der Waals surface area contributed by atoms with Gasteiger partial charge in [-0.1, -0.05) is 0 Å². The molecule has 0 bridgehead atoms. The summed E-state index contributed by atoms with van der Waals surface area (Å²) in [5.74, 6) is -0.484. The SMILES string of the molecule is COC(=O)c1c(C)oc2ccc(C(F)(F)F)cc12. The second kappa shape index (κ2) is 4.04. The summed E-state index contributed by atoms with van der Waals surface area (Å²) in [5, 5.41) is 0.106. The number of ether oxygens (including phenoxy) is 1. The molecule has 0 aliphatic rings. The molecular formula is C12H9F3O3. The van der Waals surface area contributed by atoms with Gasteiger partial charge in [0.1, 0.15) is 16.9 Å². The Labute approximate surface area is 100 Å². The summed E-state index contributed by atoms with van der Waals surface area (Å²) >= 11 is 0. The van der Waals surface area contributed by atoms with Crippen LogP contribution < -0.4 is 0 Å². The lowest BCUT2D eigenvalue weighted by Crippen LogP contribution is -2.05. The fourth-order valence-corrected chi connectivity index (χ4v) is 1.75. The minimum absolute atomic E-state index is 0.0265. The fraction of sp³-hybridized carbons (Fsp3) is 0.250. The standard InChI is InChI=1S/C12H9F3O3/c1-6-10(11(16)17-2)8-5-7(12(13,14)15)3-4-9(8)18-6/h3-5H,1-2H3. The first kappa shape index (κ1) is 12.5. The summed E-state index contributed by atoms with van der Waals surface area (Å²) in [4.78, 5) is 11.5. The van der Waals surface area contributed by atoms with E-state index in [1.54, 1.807) is 0 Å². The van der Waals surface area contributed by atoms with E-state index in [1.165, 1.54) is 13.0 Å². The number of esters is 1. The Bertz CT molecular complexity index is 611. The van der Waals surface area contributed by atoms with E-state index in [9.17, 15) is 18.0 Å².